The van der Waals surface area contributed by atoms with Gasteiger partial charge >= 0.3 is 0 Å². The number of aromatic nitrogens is 3. The molecule has 0 unspecified atom stereocenters. The summed E-state index contributed by atoms with van der Waals surface area (Å²) in [5.74, 6) is 0.525. The molecule has 0 aliphatic heterocycles. The van der Waals surface area contributed by atoms with E-state index in [1.807, 2.05) is 0 Å². The molecule has 2 N–H and O–H groups in total. The van der Waals surface area contributed by atoms with Crippen molar-refractivity contribution in [3.8, 4) is 0 Å². The second kappa shape index (κ2) is 4.10. The van der Waals surface area contributed by atoms with Crippen LogP contribution in [0.5, 0.6) is 0 Å². The zero-order chi connectivity index (χ0) is 11.8. The fourth-order valence-electron chi connectivity index (χ4n) is 1.22. The Labute approximate surface area is 103 Å². The first kappa shape index (κ1) is 11.5. The van der Waals surface area contributed by atoms with Gasteiger partial charge in [-0.15, -0.1) is 11.3 Å². The Kier molecular flexibility index (Phi) is 2.94. The van der Waals surface area contributed by atoms with Gasteiger partial charge in [-0.1, -0.05) is 20.8 Å². The molecule has 2 heterocycles. The maximum absolute atomic E-state index is 5.69. The van der Waals surface area contributed by atoms with E-state index in [0.717, 1.165) is 28.1 Å². The van der Waals surface area contributed by atoms with Crippen LogP contribution in [0, 0.1) is 0 Å². The van der Waals surface area contributed by atoms with Gasteiger partial charge < -0.3 is 5.73 Å². The highest BCUT2D eigenvalue weighted by molar-refractivity contribution is 7.09. The number of nitrogen functional groups attached to an aromatic ring is 1. The van der Waals surface area contributed by atoms with Crippen LogP contribution in [0.15, 0.2) is 5.38 Å². The molecule has 2 aromatic rings. The second-order valence-electron chi connectivity index (χ2n) is 4.65. The third-order valence-corrected chi connectivity index (χ3v) is 3.65. The standard InChI is InChI=1S/C10H14N4S2/c1-10(2,3)7-5-15-8(12-7)4-6-9(11)14-16-13-6/h5H,4H2,1-3H3,(H2,11,14). The van der Waals surface area contributed by atoms with Gasteiger partial charge in [0.15, 0.2) is 5.82 Å². The molecule has 0 aliphatic carbocycles. The van der Waals surface area contributed by atoms with E-state index in [-0.39, 0.29) is 5.41 Å². The van der Waals surface area contributed by atoms with Crippen LogP contribution in [0.25, 0.3) is 0 Å². The van der Waals surface area contributed by atoms with E-state index in [2.05, 4.69) is 39.9 Å². The third-order valence-electron chi connectivity index (χ3n) is 2.22. The van der Waals surface area contributed by atoms with Crippen molar-refractivity contribution in [1.82, 2.24) is 13.7 Å². The van der Waals surface area contributed by atoms with Gasteiger partial charge in [-0.25, -0.2) is 4.98 Å². The number of rotatable bonds is 2. The SMILES string of the molecule is CC(C)(C)c1csc(Cc2nsnc2N)n1. The van der Waals surface area contributed by atoms with E-state index in [4.69, 9.17) is 5.73 Å². The van der Waals surface area contributed by atoms with Gasteiger partial charge in [0, 0.05) is 17.2 Å². The normalized spacial score (nSPS) is 11.9. The lowest BCUT2D eigenvalue weighted by atomic mass is 9.93. The van der Waals surface area contributed by atoms with Crippen molar-refractivity contribution in [2.45, 2.75) is 32.6 Å². The molecular weight excluding hydrogens is 240 g/mol. The largest absolute Gasteiger partial charge is 0.381 e. The highest BCUT2D eigenvalue weighted by Gasteiger charge is 2.18. The molecular formula is C10H14N4S2. The average Bonchev–Trinajstić information content (AvgIpc) is 2.76. The summed E-state index contributed by atoms with van der Waals surface area (Å²) in [5, 5.41) is 3.15. The molecule has 0 bridgehead atoms. The summed E-state index contributed by atoms with van der Waals surface area (Å²) >= 11 is 2.80. The molecule has 0 amide bonds. The number of hydrogen-bond donors (Lipinski definition) is 1. The molecule has 0 saturated carbocycles. The quantitative estimate of drug-likeness (QED) is 0.894. The first-order chi connectivity index (χ1) is 7.47. The third kappa shape index (κ3) is 2.38. The summed E-state index contributed by atoms with van der Waals surface area (Å²) in [5.41, 5.74) is 7.75. The Morgan fingerprint density at radius 3 is 2.56 bits per heavy atom. The van der Waals surface area contributed by atoms with E-state index in [1.54, 1.807) is 11.3 Å². The molecule has 2 aromatic heterocycles. The fourth-order valence-corrected chi connectivity index (χ4v) is 2.73. The van der Waals surface area contributed by atoms with E-state index >= 15 is 0 Å². The smallest absolute Gasteiger partial charge is 0.161 e. The summed E-state index contributed by atoms with van der Waals surface area (Å²) in [6, 6.07) is 0. The summed E-state index contributed by atoms with van der Waals surface area (Å²) in [6.45, 7) is 6.47. The highest BCUT2D eigenvalue weighted by Crippen LogP contribution is 2.25. The number of hydrogen-bond acceptors (Lipinski definition) is 6. The molecule has 0 radical (unpaired) electrons. The van der Waals surface area contributed by atoms with Crippen molar-refractivity contribution in [2.75, 3.05) is 5.73 Å². The van der Waals surface area contributed by atoms with Gasteiger partial charge in [0.25, 0.3) is 0 Å². The minimum absolute atomic E-state index is 0.0978. The van der Waals surface area contributed by atoms with E-state index in [0.29, 0.717) is 12.2 Å². The Morgan fingerprint density at radius 2 is 2.06 bits per heavy atom. The summed E-state index contributed by atoms with van der Waals surface area (Å²) in [6.07, 6.45) is 0.684. The van der Waals surface area contributed by atoms with Crippen LogP contribution >= 0.6 is 23.1 Å². The van der Waals surface area contributed by atoms with Crippen LogP contribution in [0.3, 0.4) is 0 Å². The molecule has 2 rings (SSSR count). The molecule has 0 atom stereocenters. The maximum atomic E-state index is 5.69. The van der Waals surface area contributed by atoms with Crippen molar-refractivity contribution in [2.24, 2.45) is 0 Å². The van der Waals surface area contributed by atoms with Crippen LogP contribution in [0.1, 0.15) is 37.2 Å². The second-order valence-corrected chi connectivity index (χ2v) is 6.12. The van der Waals surface area contributed by atoms with E-state index < -0.39 is 0 Å². The molecule has 0 aromatic carbocycles. The highest BCUT2D eigenvalue weighted by atomic mass is 32.1. The zero-order valence-electron chi connectivity index (χ0n) is 9.52. The first-order valence-electron chi connectivity index (χ1n) is 4.98. The molecule has 0 aliphatic rings. The molecule has 86 valence electrons. The van der Waals surface area contributed by atoms with E-state index in [1.165, 1.54) is 0 Å². The average molecular weight is 254 g/mol. The monoisotopic (exact) mass is 254 g/mol. The van der Waals surface area contributed by atoms with Crippen molar-refractivity contribution >= 4 is 28.9 Å². The number of anilines is 1. The lowest BCUT2D eigenvalue weighted by Gasteiger charge is -2.14. The molecule has 16 heavy (non-hydrogen) atoms. The maximum Gasteiger partial charge on any atom is 0.161 e. The number of thiazole rings is 1. The van der Waals surface area contributed by atoms with Crippen molar-refractivity contribution in [1.29, 1.82) is 0 Å². The summed E-state index contributed by atoms with van der Waals surface area (Å²) in [7, 11) is 0. The van der Waals surface area contributed by atoms with Crippen molar-refractivity contribution in [3.05, 3.63) is 21.8 Å². The molecule has 0 fully saturated rings. The molecule has 4 nitrogen and oxygen atoms in total. The Bertz CT molecular complexity index is 481. The van der Waals surface area contributed by atoms with Crippen LogP contribution in [0.4, 0.5) is 5.82 Å². The predicted molar refractivity (Wildman–Crippen MR) is 67.9 cm³/mol. The van der Waals surface area contributed by atoms with Crippen LogP contribution in [-0.4, -0.2) is 13.7 Å². The topological polar surface area (TPSA) is 64.7 Å². The Balaban J connectivity index is 2.18. The van der Waals surface area contributed by atoms with Gasteiger partial charge in [0.2, 0.25) is 0 Å². The van der Waals surface area contributed by atoms with Gasteiger partial charge in [-0.05, 0) is 0 Å². The number of nitrogens with two attached hydrogens (primary N) is 1. The van der Waals surface area contributed by atoms with Crippen molar-refractivity contribution < 1.29 is 0 Å². The molecule has 6 heteroatoms. The molecule has 0 spiro atoms. The van der Waals surface area contributed by atoms with Crippen LogP contribution < -0.4 is 5.73 Å². The predicted octanol–water partition coefficient (Wildman–Crippen LogP) is 2.47. The minimum atomic E-state index is 0.0978. The van der Waals surface area contributed by atoms with Crippen LogP contribution in [-0.2, 0) is 11.8 Å². The summed E-state index contributed by atoms with van der Waals surface area (Å²) < 4.78 is 8.11. The minimum Gasteiger partial charge on any atom is -0.381 e. The van der Waals surface area contributed by atoms with Gasteiger partial charge in [-0.2, -0.15) is 8.75 Å². The lowest BCUT2D eigenvalue weighted by Crippen LogP contribution is -2.11. The van der Waals surface area contributed by atoms with Gasteiger partial charge in [0.1, 0.15) is 5.69 Å². The lowest BCUT2D eigenvalue weighted by molar-refractivity contribution is 0.571. The Hall–Kier alpha value is -1.01. The van der Waals surface area contributed by atoms with Gasteiger partial charge in [0.05, 0.1) is 22.4 Å². The van der Waals surface area contributed by atoms with Crippen molar-refractivity contribution in [3.63, 3.8) is 0 Å². The zero-order valence-corrected chi connectivity index (χ0v) is 11.2. The molecule has 0 saturated heterocycles. The fraction of sp³-hybridized carbons (Fsp3) is 0.500. The van der Waals surface area contributed by atoms with E-state index in [9.17, 15) is 0 Å². The van der Waals surface area contributed by atoms with Crippen LogP contribution in [0.2, 0.25) is 0 Å². The van der Waals surface area contributed by atoms with Gasteiger partial charge in [-0.3, -0.25) is 0 Å². The number of nitrogens with zero attached hydrogens (tertiary/aromatic N) is 3. The summed E-state index contributed by atoms with van der Waals surface area (Å²) in [4.78, 5) is 4.60. The Morgan fingerprint density at radius 1 is 1.31 bits per heavy atom. The first-order valence-corrected chi connectivity index (χ1v) is 6.59.